The van der Waals surface area contributed by atoms with Crippen molar-refractivity contribution in [3.63, 3.8) is 0 Å². The van der Waals surface area contributed by atoms with Crippen LogP contribution in [-0.2, 0) is 0 Å². The highest BCUT2D eigenvalue weighted by atomic mass is 32.1. The van der Waals surface area contributed by atoms with Crippen LogP contribution in [0.1, 0.15) is 11.7 Å². The molecule has 0 fully saturated rings. The summed E-state index contributed by atoms with van der Waals surface area (Å²) in [5, 5.41) is 0. The second-order valence-corrected chi connectivity index (χ2v) is 2.60. The standard InChI is InChI=1S/C6H7N3O2S/c1-3(10)9-4(7)2-5(11)8-6(9)12/h2H,7H2,1H3,(H,8,11,12). The van der Waals surface area contributed by atoms with Crippen LogP contribution in [-0.4, -0.2) is 15.5 Å². The Morgan fingerprint density at radius 3 is 2.75 bits per heavy atom. The van der Waals surface area contributed by atoms with Crippen molar-refractivity contribution >= 4 is 23.9 Å². The molecule has 0 saturated heterocycles. The van der Waals surface area contributed by atoms with Crippen LogP contribution in [0.25, 0.3) is 0 Å². The van der Waals surface area contributed by atoms with E-state index in [1.807, 2.05) is 0 Å². The summed E-state index contributed by atoms with van der Waals surface area (Å²) in [5.74, 6) is -0.273. The molecule has 0 aliphatic carbocycles. The number of carbonyl (C=O) groups is 1. The normalized spacial score (nSPS) is 9.75. The van der Waals surface area contributed by atoms with Gasteiger partial charge in [0.25, 0.3) is 5.56 Å². The summed E-state index contributed by atoms with van der Waals surface area (Å²) in [7, 11) is 0. The molecule has 0 unspecified atom stereocenters. The lowest BCUT2D eigenvalue weighted by Crippen LogP contribution is -2.19. The Morgan fingerprint density at radius 2 is 2.33 bits per heavy atom. The molecule has 0 atom stereocenters. The summed E-state index contributed by atoms with van der Waals surface area (Å²) in [4.78, 5) is 23.9. The van der Waals surface area contributed by atoms with Gasteiger partial charge < -0.3 is 5.73 Å². The number of nitrogens with zero attached hydrogens (tertiary/aromatic N) is 1. The molecule has 6 heteroatoms. The van der Waals surface area contributed by atoms with E-state index in [1.165, 1.54) is 6.92 Å². The van der Waals surface area contributed by atoms with Gasteiger partial charge in [0.05, 0.1) is 0 Å². The fourth-order valence-electron chi connectivity index (χ4n) is 0.838. The molecule has 0 saturated carbocycles. The zero-order valence-corrected chi connectivity index (χ0v) is 7.14. The summed E-state index contributed by atoms with van der Waals surface area (Å²) >= 11 is 4.71. The summed E-state index contributed by atoms with van der Waals surface area (Å²) < 4.78 is 1.07. The van der Waals surface area contributed by atoms with Gasteiger partial charge in [-0.2, -0.15) is 0 Å². The highest BCUT2D eigenvalue weighted by Gasteiger charge is 2.03. The van der Waals surface area contributed by atoms with Gasteiger partial charge in [-0.1, -0.05) is 0 Å². The van der Waals surface area contributed by atoms with E-state index in [0.717, 1.165) is 10.6 Å². The first-order valence-corrected chi connectivity index (χ1v) is 3.56. The molecular formula is C6H7N3O2S. The number of aromatic nitrogens is 2. The van der Waals surface area contributed by atoms with Crippen molar-refractivity contribution in [2.75, 3.05) is 5.73 Å². The van der Waals surface area contributed by atoms with Crippen molar-refractivity contribution in [3.05, 3.63) is 21.2 Å². The molecular weight excluding hydrogens is 178 g/mol. The average Bonchev–Trinajstić information content (AvgIpc) is 1.82. The van der Waals surface area contributed by atoms with Crippen LogP contribution >= 0.6 is 12.2 Å². The number of nitrogens with two attached hydrogens (primary N) is 1. The molecule has 0 aromatic carbocycles. The first kappa shape index (κ1) is 8.66. The number of hydrogen-bond donors (Lipinski definition) is 2. The highest BCUT2D eigenvalue weighted by Crippen LogP contribution is 1.97. The number of anilines is 1. The van der Waals surface area contributed by atoms with Gasteiger partial charge in [0, 0.05) is 13.0 Å². The second kappa shape index (κ2) is 2.90. The Hall–Kier alpha value is -1.43. The van der Waals surface area contributed by atoms with E-state index in [2.05, 4.69) is 4.98 Å². The molecule has 1 aromatic rings. The first-order valence-electron chi connectivity index (χ1n) is 3.15. The molecule has 3 N–H and O–H groups in total. The smallest absolute Gasteiger partial charge is 0.253 e. The third kappa shape index (κ3) is 1.42. The van der Waals surface area contributed by atoms with Crippen molar-refractivity contribution < 1.29 is 4.79 Å². The van der Waals surface area contributed by atoms with Crippen LogP contribution in [0.5, 0.6) is 0 Å². The molecule has 64 valence electrons. The van der Waals surface area contributed by atoms with E-state index in [0.29, 0.717) is 0 Å². The van der Waals surface area contributed by atoms with E-state index in [4.69, 9.17) is 18.0 Å². The molecule has 12 heavy (non-hydrogen) atoms. The van der Waals surface area contributed by atoms with Crippen LogP contribution in [0.4, 0.5) is 5.82 Å². The predicted octanol–water partition coefficient (Wildman–Crippen LogP) is 0.148. The summed E-state index contributed by atoms with van der Waals surface area (Å²) in [6.07, 6.45) is 0. The zero-order chi connectivity index (χ0) is 9.30. The number of nitrogen functional groups attached to an aromatic ring is 1. The van der Waals surface area contributed by atoms with Crippen molar-refractivity contribution in [2.24, 2.45) is 0 Å². The largest absolute Gasteiger partial charge is 0.385 e. The minimum absolute atomic E-state index is 0.0208. The predicted molar refractivity (Wildman–Crippen MR) is 46.6 cm³/mol. The lowest BCUT2D eigenvalue weighted by Gasteiger charge is -2.03. The molecule has 0 bridgehead atoms. The van der Waals surface area contributed by atoms with Crippen molar-refractivity contribution in [2.45, 2.75) is 6.92 Å². The van der Waals surface area contributed by atoms with Crippen molar-refractivity contribution in [3.8, 4) is 0 Å². The molecule has 0 radical (unpaired) electrons. The summed E-state index contributed by atoms with van der Waals surface area (Å²) in [6, 6.07) is 1.11. The van der Waals surface area contributed by atoms with E-state index in [1.54, 1.807) is 0 Å². The topological polar surface area (TPSA) is 80.9 Å². The van der Waals surface area contributed by atoms with Gasteiger partial charge in [-0.05, 0) is 12.2 Å². The van der Waals surface area contributed by atoms with Gasteiger partial charge in [-0.3, -0.25) is 14.6 Å². The molecule has 1 heterocycles. The van der Waals surface area contributed by atoms with Crippen LogP contribution in [0.2, 0.25) is 0 Å². The first-order chi connectivity index (χ1) is 5.52. The maximum absolute atomic E-state index is 10.9. The fraction of sp³-hybridized carbons (Fsp3) is 0.167. The van der Waals surface area contributed by atoms with Gasteiger partial charge in [-0.25, -0.2) is 4.57 Å². The highest BCUT2D eigenvalue weighted by molar-refractivity contribution is 7.71. The lowest BCUT2D eigenvalue weighted by atomic mass is 10.5. The van der Waals surface area contributed by atoms with E-state index >= 15 is 0 Å². The maximum Gasteiger partial charge on any atom is 0.253 e. The van der Waals surface area contributed by atoms with E-state index in [-0.39, 0.29) is 16.5 Å². The number of H-pyrrole nitrogens is 1. The third-order valence-corrected chi connectivity index (χ3v) is 1.57. The Balaban J connectivity index is 3.60. The number of rotatable bonds is 0. The Kier molecular flexibility index (Phi) is 2.09. The van der Waals surface area contributed by atoms with Gasteiger partial charge in [-0.15, -0.1) is 0 Å². The van der Waals surface area contributed by atoms with E-state index in [9.17, 15) is 9.59 Å². The van der Waals surface area contributed by atoms with E-state index < -0.39 is 5.56 Å². The van der Waals surface area contributed by atoms with Crippen molar-refractivity contribution in [1.29, 1.82) is 0 Å². The molecule has 0 amide bonds. The van der Waals surface area contributed by atoms with Crippen LogP contribution in [0.3, 0.4) is 0 Å². The van der Waals surface area contributed by atoms with Crippen molar-refractivity contribution in [1.82, 2.24) is 9.55 Å². The average molecular weight is 185 g/mol. The lowest BCUT2D eigenvalue weighted by molar-refractivity contribution is 0.0935. The second-order valence-electron chi connectivity index (χ2n) is 2.22. The van der Waals surface area contributed by atoms with Gasteiger partial charge in [0.2, 0.25) is 5.91 Å². The molecule has 0 aliphatic rings. The van der Waals surface area contributed by atoms with Crippen LogP contribution in [0.15, 0.2) is 10.9 Å². The molecule has 1 aromatic heterocycles. The molecule has 0 spiro atoms. The van der Waals surface area contributed by atoms with Crippen LogP contribution in [0, 0.1) is 4.77 Å². The minimum atomic E-state index is -0.407. The fourth-order valence-corrected chi connectivity index (χ4v) is 1.17. The minimum Gasteiger partial charge on any atom is -0.385 e. The zero-order valence-electron chi connectivity index (χ0n) is 6.33. The quantitative estimate of drug-likeness (QED) is 0.564. The third-order valence-electron chi connectivity index (χ3n) is 1.29. The van der Waals surface area contributed by atoms with Crippen LogP contribution < -0.4 is 11.3 Å². The van der Waals surface area contributed by atoms with Gasteiger partial charge in [0.1, 0.15) is 5.82 Å². The molecule has 0 aliphatic heterocycles. The molecule has 1 rings (SSSR count). The molecule has 5 nitrogen and oxygen atoms in total. The number of hydrogen-bond acceptors (Lipinski definition) is 4. The summed E-state index contributed by atoms with van der Waals surface area (Å²) in [6.45, 7) is 1.31. The monoisotopic (exact) mass is 185 g/mol. The Morgan fingerprint density at radius 1 is 1.75 bits per heavy atom. The summed E-state index contributed by atoms with van der Waals surface area (Å²) in [5.41, 5.74) is 4.97. The Bertz CT molecular complexity index is 431. The SMILES string of the molecule is CC(=O)n1c(N)cc(=O)[nH]c1=S. The van der Waals surface area contributed by atoms with Gasteiger partial charge >= 0.3 is 0 Å². The number of carbonyl (C=O) groups excluding carboxylic acids is 1. The maximum atomic E-state index is 10.9. The number of aromatic amines is 1. The van der Waals surface area contributed by atoms with Gasteiger partial charge in [0.15, 0.2) is 4.77 Å². The number of nitrogens with one attached hydrogen (secondary N) is 1. The Labute approximate surface area is 72.8 Å².